The van der Waals surface area contributed by atoms with Crippen LogP contribution >= 0.6 is 0 Å². The van der Waals surface area contributed by atoms with Gasteiger partial charge >= 0.3 is 12.4 Å². The summed E-state index contributed by atoms with van der Waals surface area (Å²) in [5.41, 5.74) is -1.46. The van der Waals surface area contributed by atoms with E-state index in [1.54, 1.807) is 0 Å². The standard InChI is InChI=1S/C19H23F6N3O2/c1-12(28-9-5-6-13(10-28)18(20,21)22)17(30)27(2)11-16(29)26-15-8-4-3-7-14(15)19(23,24)25/h3-4,7-8,12-13H,5-6,9-11H2,1-2H3,(H,26,29). The maximum atomic E-state index is 13.0. The van der Waals surface area contributed by atoms with Crippen LogP contribution in [0.3, 0.4) is 0 Å². The fourth-order valence-corrected chi connectivity index (χ4v) is 3.42. The third kappa shape index (κ3) is 6.10. The second-order valence-electron chi connectivity index (χ2n) is 7.34. The van der Waals surface area contributed by atoms with Crippen LogP contribution in [-0.4, -0.2) is 60.5 Å². The summed E-state index contributed by atoms with van der Waals surface area (Å²) >= 11 is 0. The summed E-state index contributed by atoms with van der Waals surface area (Å²) in [5.74, 6) is -2.95. The van der Waals surface area contributed by atoms with Gasteiger partial charge in [0.2, 0.25) is 11.8 Å². The number of halogens is 6. The van der Waals surface area contributed by atoms with Crippen molar-refractivity contribution < 1.29 is 35.9 Å². The lowest BCUT2D eigenvalue weighted by molar-refractivity contribution is -0.189. The Balaban J connectivity index is 1.98. The number of alkyl halides is 6. The van der Waals surface area contributed by atoms with E-state index >= 15 is 0 Å². The number of hydrogen-bond donors (Lipinski definition) is 1. The predicted octanol–water partition coefficient (Wildman–Crippen LogP) is 3.77. The first-order valence-electron chi connectivity index (χ1n) is 9.32. The highest BCUT2D eigenvalue weighted by molar-refractivity contribution is 5.95. The maximum absolute atomic E-state index is 13.0. The third-order valence-electron chi connectivity index (χ3n) is 5.08. The first kappa shape index (κ1) is 24.0. The molecule has 0 radical (unpaired) electrons. The first-order valence-corrected chi connectivity index (χ1v) is 9.32. The molecule has 168 valence electrons. The van der Waals surface area contributed by atoms with Crippen molar-refractivity contribution in [1.29, 1.82) is 0 Å². The number of carbonyl (C=O) groups excluding carboxylic acids is 2. The van der Waals surface area contributed by atoms with Crippen LogP contribution in [0.5, 0.6) is 0 Å². The van der Waals surface area contributed by atoms with Crippen LogP contribution in [0.15, 0.2) is 24.3 Å². The highest BCUT2D eigenvalue weighted by Gasteiger charge is 2.43. The summed E-state index contributed by atoms with van der Waals surface area (Å²) in [7, 11) is 1.28. The van der Waals surface area contributed by atoms with Crippen molar-refractivity contribution in [2.24, 2.45) is 5.92 Å². The van der Waals surface area contributed by atoms with E-state index in [0.29, 0.717) is 13.0 Å². The molecule has 1 saturated heterocycles. The predicted molar refractivity (Wildman–Crippen MR) is 97.5 cm³/mol. The molecule has 1 aliphatic rings. The van der Waals surface area contributed by atoms with Crippen molar-refractivity contribution in [3.8, 4) is 0 Å². The second-order valence-corrected chi connectivity index (χ2v) is 7.34. The smallest absolute Gasteiger partial charge is 0.335 e. The number of likely N-dealkylation sites (N-methyl/N-ethyl adjacent to an activating group) is 1. The number of piperidine rings is 1. The molecule has 2 atom stereocenters. The van der Waals surface area contributed by atoms with Gasteiger partial charge in [-0.2, -0.15) is 26.3 Å². The van der Waals surface area contributed by atoms with Crippen LogP contribution in [0.25, 0.3) is 0 Å². The Labute approximate surface area is 170 Å². The monoisotopic (exact) mass is 439 g/mol. The number of nitrogens with one attached hydrogen (secondary N) is 1. The normalized spacial score (nSPS) is 19.3. The van der Waals surface area contributed by atoms with Crippen LogP contribution in [0.4, 0.5) is 32.0 Å². The average Bonchev–Trinajstić information content (AvgIpc) is 2.65. The van der Waals surface area contributed by atoms with E-state index in [1.165, 1.54) is 31.0 Å². The van der Waals surface area contributed by atoms with Gasteiger partial charge in [0.15, 0.2) is 0 Å². The Kier molecular flexibility index (Phi) is 7.38. The zero-order chi connectivity index (χ0) is 22.7. The maximum Gasteiger partial charge on any atom is 0.418 e. The topological polar surface area (TPSA) is 52.7 Å². The molecule has 30 heavy (non-hydrogen) atoms. The molecule has 0 saturated carbocycles. The Hall–Kier alpha value is -2.30. The number of rotatable bonds is 5. The van der Waals surface area contributed by atoms with Crippen molar-refractivity contribution in [3.63, 3.8) is 0 Å². The van der Waals surface area contributed by atoms with Gasteiger partial charge in [0.1, 0.15) is 0 Å². The molecule has 0 aromatic heterocycles. The molecule has 1 fully saturated rings. The summed E-state index contributed by atoms with van der Waals surface area (Å²) in [5, 5.41) is 2.13. The summed E-state index contributed by atoms with van der Waals surface area (Å²) in [6.07, 6.45) is -8.72. The van der Waals surface area contributed by atoms with Gasteiger partial charge in [0.05, 0.1) is 29.8 Å². The van der Waals surface area contributed by atoms with Crippen LogP contribution < -0.4 is 5.32 Å². The molecular formula is C19H23F6N3O2. The van der Waals surface area contributed by atoms with Gasteiger partial charge in [0, 0.05) is 13.6 Å². The van der Waals surface area contributed by atoms with Crippen molar-refractivity contribution in [1.82, 2.24) is 9.80 Å². The Morgan fingerprint density at radius 3 is 2.43 bits per heavy atom. The van der Waals surface area contributed by atoms with Gasteiger partial charge in [-0.15, -0.1) is 0 Å². The number of benzene rings is 1. The van der Waals surface area contributed by atoms with Gasteiger partial charge in [-0.05, 0) is 38.4 Å². The van der Waals surface area contributed by atoms with E-state index in [2.05, 4.69) is 5.32 Å². The van der Waals surface area contributed by atoms with Crippen LogP contribution in [0.1, 0.15) is 25.3 Å². The first-order chi connectivity index (χ1) is 13.8. The number of likely N-dealkylation sites (tertiary alicyclic amines) is 1. The van der Waals surface area contributed by atoms with E-state index in [4.69, 9.17) is 0 Å². The SMILES string of the molecule is CC(C(=O)N(C)CC(=O)Nc1ccccc1C(F)(F)F)N1CCCC(C(F)(F)F)C1. The molecule has 0 bridgehead atoms. The number of nitrogens with zero attached hydrogens (tertiary/aromatic N) is 2. The van der Waals surface area contributed by atoms with E-state index in [9.17, 15) is 35.9 Å². The molecule has 1 aliphatic heterocycles. The average molecular weight is 439 g/mol. The van der Waals surface area contributed by atoms with Gasteiger partial charge < -0.3 is 10.2 Å². The summed E-state index contributed by atoms with van der Waals surface area (Å²) < 4.78 is 78.0. The van der Waals surface area contributed by atoms with Crippen molar-refractivity contribution >= 4 is 17.5 Å². The minimum Gasteiger partial charge on any atom is -0.335 e. The Morgan fingerprint density at radius 1 is 1.20 bits per heavy atom. The number of hydrogen-bond acceptors (Lipinski definition) is 3. The minimum atomic E-state index is -4.66. The quantitative estimate of drug-likeness (QED) is 0.711. The molecule has 1 aromatic carbocycles. The largest absolute Gasteiger partial charge is 0.418 e. The van der Waals surface area contributed by atoms with E-state index < -0.39 is 53.9 Å². The Bertz CT molecular complexity index is 765. The molecule has 2 amide bonds. The number of anilines is 1. The molecule has 0 aliphatic carbocycles. The van der Waals surface area contributed by atoms with E-state index in [-0.39, 0.29) is 13.0 Å². The molecular weight excluding hydrogens is 416 g/mol. The van der Waals surface area contributed by atoms with E-state index in [0.717, 1.165) is 17.0 Å². The molecule has 2 rings (SSSR count). The van der Waals surface area contributed by atoms with Crippen LogP contribution in [-0.2, 0) is 15.8 Å². The zero-order valence-electron chi connectivity index (χ0n) is 16.5. The molecule has 2 unspecified atom stereocenters. The number of para-hydroxylation sites is 1. The van der Waals surface area contributed by atoms with Gasteiger partial charge in [-0.3, -0.25) is 14.5 Å². The molecule has 0 spiro atoms. The fourth-order valence-electron chi connectivity index (χ4n) is 3.42. The fraction of sp³-hybridized carbons (Fsp3) is 0.579. The van der Waals surface area contributed by atoms with Crippen molar-refractivity contribution in [2.75, 3.05) is 32.0 Å². The van der Waals surface area contributed by atoms with Crippen LogP contribution in [0.2, 0.25) is 0 Å². The lowest BCUT2D eigenvalue weighted by Crippen LogP contribution is -2.52. The minimum absolute atomic E-state index is 0.00221. The van der Waals surface area contributed by atoms with Gasteiger partial charge in [0.25, 0.3) is 0 Å². The summed E-state index contributed by atoms with van der Waals surface area (Å²) in [4.78, 5) is 27.1. The lowest BCUT2D eigenvalue weighted by atomic mass is 9.96. The molecule has 5 nitrogen and oxygen atoms in total. The summed E-state index contributed by atoms with van der Waals surface area (Å²) in [6.45, 7) is 0.925. The Morgan fingerprint density at radius 2 is 1.83 bits per heavy atom. The summed E-state index contributed by atoms with van der Waals surface area (Å²) in [6, 6.07) is 3.53. The molecule has 1 N–H and O–H groups in total. The molecule has 1 heterocycles. The number of carbonyl (C=O) groups is 2. The van der Waals surface area contributed by atoms with E-state index in [1.807, 2.05) is 0 Å². The molecule has 11 heteroatoms. The third-order valence-corrected chi connectivity index (χ3v) is 5.08. The van der Waals surface area contributed by atoms with Crippen LogP contribution in [0, 0.1) is 5.92 Å². The van der Waals surface area contributed by atoms with Crippen molar-refractivity contribution in [2.45, 2.75) is 38.2 Å². The number of amides is 2. The highest BCUT2D eigenvalue weighted by atomic mass is 19.4. The zero-order valence-corrected chi connectivity index (χ0v) is 16.5. The lowest BCUT2D eigenvalue weighted by Gasteiger charge is -2.37. The van der Waals surface area contributed by atoms with Crippen molar-refractivity contribution in [3.05, 3.63) is 29.8 Å². The highest BCUT2D eigenvalue weighted by Crippen LogP contribution is 2.35. The van der Waals surface area contributed by atoms with Gasteiger partial charge in [-0.1, -0.05) is 12.1 Å². The second kappa shape index (κ2) is 9.23. The van der Waals surface area contributed by atoms with Gasteiger partial charge in [-0.25, -0.2) is 0 Å². The molecule has 1 aromatic rings.